The van der Waals surface area contributed by atoms with E-state index in [0.717, 1.165) is 30.8 Å². The van der Waals surface area contributed by atoms with Crippen molar-refractivity contribution in [3.63, 3.8) is 0 Å². The molecule has 0 bridgehead atoms. The van der Waals surface area contributed by atoms with Crippen molar-refractivity contribution < 1.29 is 22.0 Å². The van der Waals surface area contributed by atoms with Crippen LogP contribution in [-0.2, 0) is 6.42 Å². The summed E-state index contributed by atoms with van der Waals surface area (Å²) in [4.78, 5) is 1.27. The largest absolute Gasteiger partial charge is 0.453 e. The lowest BCUT2D eigenvalue weighted by Crippen LogP contribution is -2.36. The molecule has 0 saturated carbocycles. The summed E-state index contributed by atoms with van der Waals surface area (Å²) in [6.45, 7) is 4.41. The van der Waals surface area contributed by atoms with E-state index >= 15 is 0 Å². The van der Waals surface area contributed by atoms with Gasteiger partial charge in [-0.15, -0.1) is 0 Å². The van der Waals surface area contributed by atoms with E-state index in [4.69, 9.17) is 0 Å². The zero-order valence-corrected chi connectivity index (χ0v) is 20.6. The van der Waals surface area contributed by atoms with Crippen molar-refractivity contribution in [2.45, 2.75) is 108 Å². The maximum Gasteiger partial charge on any atom is 0.453 e. The average Bonchev–Trinajstić information content (AvgIpc) is 2.71. The quantitative estimate of drug-likeness (QED) is 0.184. The summed E-state index contributed by atoms with van der Waals surface area (Å²) in [6.07, 6.45) is 5.36. The highest BCUT2D eigenvalue weighted by Gasteiger charge is 2.56. The first-order valence-electron chi connectivity index (χ1n) is 12.4. The van der Waals surface area contributed by atoms with E-state index in [1.165, 1.54) is 55.4 Å². The van der Waals surface area contributed by atoms with Crippen LogP contribution in [0.2, 0.25) is 0 Å². The van der Waals surface area contributed by atoms with E-state index in [1.807, 2.05) is 12.1 Å². The molecule has 0 spiro atoms. The second kappa shape index (κ2) is 12.6. The molecule has 1 aromatic rings. The van der Waals surface area contributed by atoms with Crippen LogP contribution in [0.5, 0.6) is 0 Å². The standard InChI is InChI=1S/C26H41F5S/c1-3-4-5-6-7-8-9-10-13-18-32(19-14-17-25(27,28)26(29,30)31)21-22(2)20-23-15-11-12-16-24(23)32/h11-12,15-16,22H,3-10,13-14,17-21H2,1-2H3. The Balaban J connectivity index is 1.99. The Kier molecular flexibility index (Phi) is 10.8. The summed E-state index contributed by atoms with van der Waals surface area (Å²) in [7, 11) is -1.38. The van der Waals surface area contributed by atoms with Crippen LogP contribution in [0, 0.1) is 5.92 Å². The molecule has 0 saturated heterocycles. The molecular weight excluding hydrogens is 439 g/mol. The van der Waals surface area contributed by atoms with Crippen molar-refractivity contribution >= 4 is 10.0 Å². The van der Waals surface area contributed by atoms with Crippen LogP contribution in [0.15, 0.2) is 29.2 Å². The van der Waals surface area contributed by atoms with Gasteiger partial charge in [0, 0.05) is 6.42 Å². The van der Waals surface area contributed by atoms with Crippen molar-refractivity contribution in [2.75, 3.05) is 17.3 Å². The number of alkyl halides is 5. The minimum Gasteiger partial charge on any atom is -0.214 e. The molecule has 32 heavy (non-hydrogen) atoms. The molecule has 1 aromatic carbocycles. The predicted octanol–water partition coefficient (Wildman–Crippen LogP) is 9.55. The van der Waals surface area contributed by atoms with Gasteiger partial charge < -0.3 is 0 Å². The summed E-state index contributed by atoms with van der Waals surface area (Å²) in [5, 5.41) is 0. The van der Waals surface area contributed by atoms with Crippen LogP contribution >= 0.6 is 10.0 Å². The molecule has 0 amide bonds. The van der Waals surface area contributed by atoms with Crippen LogP contribution < -0.4 is 0 Å². The Bertz CT molecular complexity index is 672. The first kappa shape index (κ1) is 27.5. The number of hydrogen-bond donors (Lipinski definition) is 0. The smallest absolute Gasteiger partial charge is 0.214 e. The van der Waals surface area contributed by atoms with Crippen LogP contribution in [0.4, 0.5) is 22.0 Å². The van der Waals surface area contributed by atoms with Gasteiger partial charge in [0.15, 0.2) is 0 Å². The highest BCUT2D eigenvalue weighted by molar-refractivity contribution is 8.33. The van der Waals surface area contributed by atoms with E-state index in [1.54, 1.807) is 0 Å². The van der Waals surface area contributed by atoms with Crippen LogP contribution in [0.3, 0.4) is 0 Å². The molecule has 2 rings (SSSR count). The number of fused-ring (bicyclic) bond motifs is 1. The van der Waals surface area contributed by atoms with Gasteiger partial charge in [-0.1, -0.05) is 83.4 Å². The van der Waals surface area contributed by atoms with Crippen molar-refractivity contribution in [3.8, 4) is 0 Å². The topological polar surface area (TPSA) is 0 Å². The lowest BCUT2D eigenvalue weighted by Gasteiger charge is -2.47. The van der Waals surface area contributed by atoms with Gasteiger partial charge in [-0.25, -0.2) is 10.0 Å². The fraction of sp³-hybridized carbons (Fsp3) is 0.769. The molecule has 0 aromatic heterocycles. The van der Waals surface area contributed by atoms with Crippen LogP contribution in [-0.4, -0.2) is 29.4 Å². The molecule has 0 fully saturated rings. The Hall–Kier alpha value is -0.780. The molecule has 6 heteroatoms. The maximum atomic E-state index is 13.6. The van der Waals surface area contributed by atoms with E-state index in [2.05, 4.69) is 26.0 Å². The van der Waals surface area contributed by atoms with E-state index in [0.29, 0.717) is 11.7 Å². The fourth-order valence-electron chi connectivity index (χ4n) is 5.05. The van der Waals surface area contributed by atoms with Crippen molar-refractivity contribution in [2.24, 2.45) is 5.92 Å². The minimum absolute atomic E-state index is 0.0691. The lowest BCUT2D eigenvalue weighted by atomic mass is 10.0. The fourth-order valence-corrected chi connectivity index (χ4v) is 9.95. The number of rotatable bonds is 14. The van der Waals surface area contributed by atoms with E-state index in [-0.39, 0.29) is 6.42 Å². The van der Waals surface area contributed by atoms with Crippen LogP contribution in [0.1, 0.15) is 90.0 Å². The van der Waals surface area contributed by atoms with Gasteiger partial charge in [-0.3, -0.25) is 0 Å². The molecule has 0 aliphatic carbocycles. The Morgan fingerprint density at radius 2 is 1.38 bits per heavy atom. The summed E-state index contributed by atoms with van der Waals surface area (Å²) in [5.41, 5.74) is 1.28. The van der Waals surface area contributed by atoms with Crippen molar-refractivity contribution in [1.82, 2.24) is 0 Å². The van der Waals surface area contributed by atoms with E-state index < -0.39 is 28.5 Å². The lowest BCUT2D eigenvalue weighted by molar-refractivity contribution is -0.284. The molecule has 0 nitrogen and oxygen atoms in total. The number of hydrogen-bond acceptors (Lipinski definition) is 0. The second-order valence-electron chi connectivity index (χ2n) is 9.67. The van der Waals surface area contributed by atoms with Crippen molar-refractivity contribution in [1.29, 1.82) is 0 Å². The Labute approximate surface area is 193 Å². The summed E-state index contributed by atoms with van der Waals surface area (Å²) in [6, 6.07) is 8.24. The number of halogens is 5. The van der Waals surface area contributed by atoms with Gasteiger partial charge >= 0.3 is 12.1 Å². The molecule has 0 N–H and O–H groups in total. The van der Waals surface area contributed by atoms with Gasteiger partial charge in [0.05, 0.1) is 0 Å². The Morgan fingerprint density at radius 3 is 2.00 bits per heavy atom. The first-order valence-corrected chi connectivity index (χ1v) is 14.5. The Morgan fingerprint density at radius 1 is 0.812 bits per heavy atom. The van der Waals surface area contributed by atoms with Gasteiger partial charge in [-0.2, -0.15) is 22.0 Å². The number of benzene rings is 1. The summed E-state index contributed by atoms with van der Waals surface area (Å²) >= 11 is 0. The van der Waals surface area contributed by atoms with Crippen LogP contribution in [0.25, 0.3) is 0 Å². The van der Waals surface area contributed by atoms with Gasteiger partial charge in [0.25, 0.3) is 0 Å². The third kappa shape index (κ3) is 7.92. The first-order chi connectivity index (χ1) is 15.1. The zero-order valence-electron chi connectivity index (χ0n) is 19.8. The minimum atomic E-state index is -5.45. The number of unbranched alkanes of at least 4 members (excludes halogenated alkanes) is 8. The molecule has 2 atom stereocenters. The molecule has 1 heterocycles. The summed E-state index contributed by atoms with van der Waals surface area (Å²) in [5.74, 6) is -1.75. The average molecular weight is 481 g/mol. The second-order valence-corrected chi connectivity index (χ2v) is 13.4. The predicted molar refractivity (Wildman–Crippen MR) is 127 cm³/mol. The third-order valence-electron chi connectivity index (χ3n) is 6.69. The zero-order chi connectivity index (χ0) is 23.7. The monoisotopic (exact) mass is 480 g/mol. The SMILES string of the molecule is CCCCCCCCCCCS1(CCCC(F)(F)C(F)(F)F)CC(C)Cc2ccccc21. The molecule has 2 unspecified atom stereocenters. The molecule has 186 valence electrons. The van der Waals surface area contributed by atoms with Gasteiger partial charge in [-0.05, 0) is 59.0 Å². The molecule has 1 aliphatic rings. The highest BCUT2D eigenvalue weighted by atomic mass is 32.3. The van der Waals surface area contributed by atoms with E-state index in [9.17, 15) is 22.0 Å². The summed E-state index contributed by atoms with van der Waals surface area (Å²) < 4.78 is 65.2. The third-order valence-corrected chi connectivity index (χ3v) is 11.4. The maximum absolute atomic E-state index is 13.6. The molecule has 1 aliphatic heterocycles. The van der Waals surface area contributed by atoms with Crippen molar-refractivity contribution in [3.05, 3.63) is 29.8 Å². The van der Waals surface area contributed by atoms with Gasteiger partial charge in [0.1, 0.15) is 0 Å². The molecular formula is C26H41F5S. The normalized spacial score (nSPS) is 23.5. The highest BCUT2D eigenvalue weighted by Crippen LogP contribution is 2.62. The molecule has 0 radical (unpaired) electrons. The van der Waals surface area contributed by atoms with Gasteiger partial charge in [0.2, 0.25) is 0 Å².